The second-order valence-electron chi connectivity index (χ2n) is 17.6. The number of rotatable bonds is 20. The number of carbonyl (C=O) groups is 1. The van der Waals surface area contributed by atoms with Crippen LogP contribution in [0, 0.1) is 17.8 Å². The summed E-state index contributed by atoms with van der Waals surface area (Å²) in [5.74, 6) is -1.46. The molecule has 0 N–H and O–H groups in total. The highest BCUT2D eigenvalue weighted by Gasteiger charge is 2.59. The molecule has 0 radical (unpaired) electrons. The molecule has 1 saturated heterocycles. The zero-order chi connectivity index (χ0) is 45.6. The third-order valence-electron chi connectivity index (χ3n) is 13.1. The lowest BCUT2D eigenvalue weighted by molar-refractivity contribution is -0.329. The Labute approximate surface area is 394 Å². The van der Waals surface area contributed by atoms with Gasteiger partial charge >= 0.3 is 0 Å². The first-order valence-corrected chi connectivity index (χ1v) is 23.4. The van der Waals surface area contributed by atoms with E-state index in [1.54, 1.807) is 7.11 Å². The van der Waals surface area contributed by atoms with Crippen molar-refractivity contribution in [2.45, 2.75) is 95.1 Å². The van der Waals surface area contributed by atoms with Crippen LogP contribution in [0.1, 0.15) is 39.8 Å². The van der Waals surface area contributed by atoms with E-state index in [9.17, 15) is 0 Å². The third kappa shape index (κ3) is 11.8. The second kappa shape index (κ2) is 23.4. The predicted octanol–water partition coefficient (Wildman–Crippen LogP) is 10.3. The van der Waals surface area contributed by atoms with Gasteiger partial charge in [0.1, 0.15) is 30.5 Å². The lowest BCUT2D eigenvalue weighted by atomic mass is 9.62. The molecule has 1 aliphatic heterocycles. The maximum absolute atomic E-state index is 15.8. The molecule has 346 valence electrons. The van der Waals surface area contributed by atoms with Crippen LogP contribution in [0.4, 0.5) is 0 Å². The summed E-state index contributed by atoms with van der Waals surface area (Å²) >= 11 is 0. The number of hydrogen-bond acceptors (Lipinski definition) is 9. The first-order chi connectivity index (χ1) is 33.1. The maximum Gasteiger partial charge on any atom is 0.186 e. The monoisotopic (exact) mass is 900 g/mol. The molecule has 2 aliphatic carbocycles. The number of methoxy groups -OCH3 is 1. The summed E-state index contributed by atoms with van der Waals surface area (Å²) in [6, 6.07) is 60.3. The van der Waals surface area contributed by atoms with E-state index in [0.717, 1.165) is 33.4 Å². The van der Waals surface area contributed by atoms with Crippen molar-refractivity contribution in [3.63, 3.8) is 0 Å². The van der Waals surface area contributed by atoms with Crippen LogP contribution in [0.3, 0.4) is 0 Å². The fraction of sp³-hybridized carbons (Fsp3) is 0.328. The maximum atomic E-state index is 15.8. The molecular weight excluding hydrogens is 841 g/mol. The Bertz CT molecular complexity index is 2400. The first-order valence-electron chi connectivity index (χ1n) is 23.4. The topological polar surface area (TPSA) is 90.9 Å². The van der Waals surface area contributed by atoms with Gasteiger partial charge in [0.2, 0.25) is 0 Å². The fourth-order valence-corrected chi connectivity index (χ4v) is 9.82. The summed E-state index contributed by atoms with van der Waals surface area (Å²) in [7, 11) is 1.63. The Morgan fingerprint density at radius 3 is 1.21 bits per heavy atom. The van der Waals surface area contributed by atoms with Crippen LogP contribution in [0.15, 0.2) is 194 Å². The van der Waals surface area contributed by atoms with Crippen LogP contribution in [0.5, 0.6) is 0 Å². The number of benzene rings is 6. The first kappa shape index (κ1) is 46.5. The van der Waals surface area contributed by atoms with Crippen LogP contribution in [-0.4, -0.2) is 61.9 Å². The molecule has 0 bridgehead atoms. The SMILES string of the molecule is CO[C@H]1O[C@H]([C@@H]2CC=C[C@H]3[C@@H](OCc4ccccc4)[C@H](OCc4ccccc4)[C@H](OCc4ccccc4)C(=O)[C@H]32)[C@@H](OCc2ccccc2)[C@H](OCc2ccccc2)[C@H]1OCc1ccccc1. The molecule has 1 heterocycles. The van der Waals surface area contributed by atoms with Gasteiger partial charge in [0.05, 0.1) is 51.8 Å². The molecule has 9 heteroatoms. The van der Waals surface area contributed by atoms with Gasteiger partial charge < -0.3 is 37.9 Å². The summed E-state index contributed by atoms with van der Waals surface area (Å²) < 4.78 is 55.0. The lowest BCUT2D eigenvalue weighted by Crippen LogP contribution is -2.66. The molecule has 6 aromatic carbocycles. The van der Waals surface area contributed by atoms with Crippen LogP contribution in [0.25, 0.3) is 0 Å². The Morgan fingerprint density at radius 1 is 0.433 bits per heavy atom. The number of hydrogen-bond donors (Lipinski definition) is 0. The number of ketones is 1. The molecule has 1 saturated carbocycles. The van der Waals surface area contributed by atoms with Gasteiger partial charge in [0.15, 0.2) is 12.1 Å². The zero-order valence-corrected chi connectivity index (χ0v) is 38.0. The van der Waals surface area contributed by atoms with Crippen molar-refractivity contribution in [1.82, 2.24) is 0 Å². The van der Waals surface area contributed by atoms with Crippen molar-refractivity contribution in [1.29, 1.82) is 0 Å². The normalized spacial score (nSPS) is 27.1. The van der Waals surface area contributed by atoms with Gasteiger partial charge in [0, 0.05) is 24.9 Å². The van der Waals surface area contributed by atoms with Crippen molar-refractivity contribution in [3.8, 4) is 0 Å². The number of ether oxygens (including phenoxy) is 8. The minimum atomic E-state index is -0.961. The van der Waals surface area contributed by atoms with Crippen molar-refractivity contribution in [2.24, 2.45) is 17.8 Å². The molecule has 0 amide bonds. The van der Waals surface area contributed by atoms with E-state index >= 15 is 4.79 Å². The van der Waals surface area contributed by atoms with E-state index in [-0.39, 0.29) is 31.5 Å². The van der Waals surface area contributed by atoms with E-state index < -0.39 is 60.9 Å². The van der Waals surface area contributed by atoms with Gasteiger partial charge in [-0.15, -0.1) is 0 Å². The molecule has 3 aliphatic rings. The van der Waals surface area contributed by atoms with Crippen molar-refractivity contribution in [2.75, 3.05) is 7.11 Å². The summed E-state index contributed by atoms with van der Waals surface area (Å²) in [4.78, 5) is 15.8. The minimum Gasteiger partial charge on any atom is -0.370 e. The van der Waals surface area contributed by atoms with E-state index in [1.807, 2.05) is 170 Å². The summed E-state index contributed by atoms with van der Waals surface area (Å²) in [6.07, 6.45) is -1.01. The van der Waals surface area contributed by atoms with E-state index in [2.05, 4.69) is 24.3 Å². The van der Waals surface area contributed by atoms with Crippen LogP contribution in [-0.2, 0) is 82.3 Å². The lowest BCUT2D eigenvalue weighted by Gasteiger charge is -2.53. The summed E-state index contributed by atoms with van der Waals surface area (Å²) in [5, 5.41) is 0. The molecule has 9 nitrogen and oxygen atoms in total. The van der Waals surface area contributed by atoms with Gasteiger partial charge in [-0.25, -0.2) is 0 Å². The van der Waals surface area contributed by atoms with Crippen LogP contribution >= 0.6 is 0 Å². The highest BCUT2D eigenvalue weighted by molar-refractivity contribution is 5.88. The highest BCUT2D eigenvalue weighted by atomic mass is 16.7. The van der Waals surface area contributed by atoms with Gasteiger partial charge in [-0.1, -0.05) is 194 Å². The zero-order valence-electron chi connectivity index (χ0n) is 38.0. The molecule has 0 aromatic heterocycles. The Kier molecular flexibility index (Phi) is 16.3. The van der Waals surface area contributed by atoms with Gasteiger partial charge in [-0.05, 0) is 39.8 Å². The van der Waals surface area contributed by atoms with Crippen molar-refractivity contribution in [3.05, 3.63) is 228 Å². The largest absolute Gasteiger partial charge is 0.370 e. The Balaban J connectivity index is 1.10. The van der Waals surface area contributed by atoms with E-state index in [0.29, 0.717) is 26.2 Å². The standard InChI is InChI=1S/C58H60O9/c1-60-58-57(66-40-46-31-18-7-19-32-46)56(65-39-45-29-16-6-17-30-45)55(64-38-44-27-14-5-15-28-44)52(67-58)48-34-20-33-47-49(48)50(59)53(62-36-42-23-10-3-11-24-42)54(63-37-43-25-12-4-13-26-43)51(47)61-35-41-21-8-2-9-22-41/h2-33,47-49,51-58H,34-40H2,1H3/t47-,48-,49-,51-,52-,53-,54+,55-,56+,57-,58+/m1/s1. The Morgan fingerprint density at radius 2 is 0.791 bits per heavy atom. The van der Waals surface area contributed by atoms with Gasteiger partial charge in [-0.2, -0.15) is 0 Å². The number of carbonyl (C=O) groups excluding carboxylic acids is 1. The van der Waals surface area contributed by atoms with Gasteiger partial charge in [0.25, 0.3) is 0 Å². The third-order valence-corrected chi connectivity index (χ3v) is 13.1. The molecule has 67 heavy (non-hydrogen) atoms. The Hall–Kier alpha value is -5.59. The molecule has 9 rings (SSSR count). The molecule has 0 unspecified atom stereocenters. The quantitative estimate of drug-likeness (QED) is 0.0695. The van der Waals surface area contributed by atoms with Gasteiger partial charge in [-0.3, -0.25) is 4.79 Å². The highest BCUT2D eigenvalue weighted by Crippen LogP contribution is 2.47. The molecule has 2 fully saturated rings. The predicted molar refractivity (Wildman–Crippen MR) is 255 cm³/mol. The summed E-state index contributed by atoms with van der Waals surface area (Å²) in [6.45, 7) is 1.70. The number of Topliss-reactive ketones (excluding diaryl/α,β-unsaturated/α-hetero) is 1. The van der Waals surface area contributed by atoms with Crippen LogP contribution in [0.2, 0.25) is 0 Å². The van der Waals surface area contributed by atoms with Crippen molar-refractivity contribution >= 4 is 5.78 Å². The number of fused-ring (bicyclic) bond motifs is 1. The summed E-state index contributed by atoms with van der Waals surface area (Å²) in [5.41, 5.74) is 5.96. The number of allylic oxidation sites excluding steroid dienone is 1. The average Bonchev–Trinajstić information content (AvgIpc) is 3.39. The second-order valence-corrected chi connectivity index (χ2v) is 17.6. The molecule has 6 aromatic rings. The fourth-order valence-electron chi connectivity index (χ4n) is 9.82. The average molecular weight is 901 g/mol. The van der Waals surface area contributed by atoms with Crippen LogP contribution < -0.4 is 0 Å². The minimum absolute atomic E-state index is 0.0588. The van der Waals surface area contributed by atoms with Crippen molar-refractivity contribution < 1.29 is 42.7 Å². The molecule has 0 spiro atoms. The smallest absolute Gasteiger partial charge is 0.186 e. The van der Waals surface area contributed by atoms with E-state index in [1.165, 1.54) is 0 Å². The van der Waals surface area contributed by atoms with E-state index in [4.69, 9.17) is 37.9 Å². The molecule has 11 atom stereocenters. The molecular formula is C58H60O9.